The maximum absolute atomic E-state index is 13.6. The van der Waals surface area contributed by atoms with Gasteiger partial charge in [0.05, 0.1) is 0 Å². The highest BCUT2D eigenvalue weighted by Crippen LogP contribution is 2.19. The Morgan fingerprint density at radius 3 is 2.12 bits per heavy atom. The number of aryl methyl sites for hydroxylation is 1. The largest absolute Gasteiger partial charge is 0.207 e. The van der Waals surface area contributed by atoms with Crippen molar-refractivity contribution in [3.63, 3.8) is 0 Å². The summed E-state index contributed by atoms with van der Waals surface area (Å²) in [6.07, 6.45) is 4.19. The maximum atomic E-state index is 13.6. The number of hydrogen-bond donors (Lipinski definition) is 0. The van der Waals surface area contributed by atoms with Gasteiger partial charge in [-0.2, -0.15) is 0 Å². The quantitative estimate of drug-likeness (QED) is 0.621. The van der Waals surface area contributed by atoms with Gasteiger partial charge < -0.3 is 0 Å². The molecular weight excluding hydrogens is 218 g/mol. The highest BCUT2D eigenvalue weighted by molar-refractivity contribution is 5.26. The molecule has 0 unspecified atom stereocenters. The van der Waals surface area contributed by atoms with Crippen LogP contribution in [0.5, 0.6) is 0 Å². The average Bonchev–Trinajstić information content (AvgIpc) is 2.26. The van der Waals surface area contributed by atoms with E-state index in [0.29, 0.717) is 18.8 Å². The Morgan fingerprint density at radius 1 is 1.06 bits per heavy atom. The number of hydrogen-bond acceptors (Lipinski definition) is 0. The number of rotatable bonds is 6. The van der Waals surface area contributed by atoms with Crippen molar-refractivity contribution in [3.8, 4) is 0 Å². The van der Waals surface area contributed by atoms with Crippen molar-refractivity contribution in [2.45, 2.75) is 52.9 Å². The van der Waals surface area contributed by atoms with E-state index in [1.165, 1.54) is 12.1 Å². The average molecular weight is 240 g/mol. The van der Waals surface area contributed by atoms with Crippen LogP contribution in [0.3, 0.4) is 0 Å². The molecule has 0 heterocycles. The molecule has 0 amide bonds. The van der Waals surface area contributed by atoms with Gasteiger partial charge in [-0.15, -0.1) is 0 Å². The van der Waals surface area contributed by atoms with E-state index in [2.05, 4.69) is 13.8 Å². The molecule has 0 nitrogen and oxygen atoms in total. The van der Waals surface area contributed by atoms with Gasteiger partial charge in [-0.1, -0.05) is 33.6 Å². The van der Waals surface area contributed by atoms with Gasteiger partial charge in [0.25, 0.3) is 0 Å². The fourth-order valence-electron chi connectivity index (χ4n) is 1.95. The van der Waals surface area contributed by atoms with Crippen LogP contribution in [-0.4, -0.2) is 0 Å². The zero-order chi connectivity index (χ0) is 12.8. The normalized spacial score (nSPS) is 11.2. The number of benzene rings is 1. The topological polar surface area (TPSA) is 0 Å². The lowest BCUT2D eigenvalue weighted by molar-refractivity contribution is 0.514. The minimum absolute atomic E-state index is 0.256. The summed E-state index contributed by atoms with van der Waals surface area (Å²) in [7, 11) is 0. The lowest BCUT2D eigenvalue weighted by Gasteiger charge is -2.08. The van der Waals surface area contributed by atoms with Gasteiger partial charge in [0.15, 0.2) is 0 Å². The van der Waals surface area contributed by atoms with Gasteiger partial charge in [0.1, 0.15) is 11.6 Å². The molecule has 2 heteroatoms. The Morgan fingerprint density at radius 2 is 1.65 bits per heavy atom. The van der Waals surface area contributed by atoms with E-state index in [1.54, 1.807) is 0 Å². The molecule has 0 aromatic heterocycles. The van der Waals surface area contributed by atoms with E-state index in [0.717, 1.165) is 24.8 Å². The van der Waals surface area contributed by atoms with Crippen LogP contribution in [0.4, 0.5) is 8.78 Å². The predicted molar refractivity (Wildman–Crippen MR) is 68.1 cm³/mol. The molecule has 96 valence electrons. The molecule has 17 heavy (non-hydrogen) atoms. The van der Waals surface area contributed by atoms with Crippen molar-refractivity contribution in [2.24, 2.45) is 5.92 Å². The predicted octanol–water partition coefficient (Wildman–Crippen LogP) is 4.90. The maximum Gasteiger partial charge on any atom is 0.129 e. The van der Waals surface area contributed by atoms with Crippen molar-refractivity contribution < 1.29 is 8.78 Å². The molecule has 1 aromatic rings. The zero-order valence-corrected chi connectivity index (χ0v) is 11.0. The minimum atomic E-state index is -0.383. The molecule has 0 aliphatic rings. The first-order valence-electron chi connectivity index (χ1n) is 6.51. The first-order valence-corrected chi connectivity index (χ1v) is 6.51. The molecule has 0 atom stereocenters. The third-order valence-corrected chi connectivity index (χ3v) is 3.07. The standard InChI is InChI=1S/C15H22F2/c1-4-12-9-14(16)13(15(17)10-12)8-6-5-7-11(2)3/h9-11H,4-8H2,1-3H3. The molecule has 0 aliphatic carbocycles. The summed E-state index contributed by atoms with van der Waals surface area (Å²) >= 11 is 0. The van der Waals surface area contributed by atoms with Crippen LogP contribution >= 0.6 is 0 Å². The van der Waals surface area contributed by atoms with Crippen molar-refractivity contribution in [1.29, 1.82) is 0 Å². The Balaban J connectivity index is 2.59. The third-order valence-electron chi connectivity index (χ3n) is 3.07. The number of halogens is 2. The van der Waals surface area contributed by atoms with Crippen molar-refractivity contribution in [1.82, 2.24) is 0 Å². The van der Waals surface area contributed by atoms with Gasteiger partial charge in [0, 0.05) is 5.56 Å². The lowest BCUT2D eigenvalue weighted by atomic mass is 10.0. The first-order chi connectivity index (χ1) is 8.04. The van der Waals surface area contributed by atoms with Crippen molar-refractivity contribution in [2.75, 3.05) is 0 Å². The summed E-state index contributed by atoms with van der Waals surface area (Å²) in [5.41, 5.74) is 0.983. The molecule has 1 rings (SSSR count). The smallest absolute Gasteiger partial charge is 0.129 e. The van der Waals surface area contributed by atoms with Crippen molar-refractivity contribution >= 4 is 0 Å². The fraction of sp³-hybridized carbons (Fsp3) is 0.600. The summed E-state index contributed by atoms with van der Waals surface area (Å²) in [5, 5.41) is 0. The molecule has 0 spiro atoms. The van der Waals surface area contributed by atoms with E-state index in [4.69, 9.17) is 0 Å². The highest BCUT2D eigenvalue weighted by Gasteiger charge is 2.10. The molecule has 0 N–H and O–H groups in total. The highest BCUT2D eigenvalue weighted by atomic mass is 19.1. The monoisotopic (exact) mass is 240 g/mol. The van der Waals surface area contributed by atoms with E-state index in [1.807, 2.05) is 6.92 Å². The number of unbranched alkanes of at least 4 members (excludes halogenated alkanes) is 1. The van der Waals surface area contributed by atoms with E-state index < -0.39 is 0 Å². The van der Waals surface area contributed by atoms with E-state index in [-0.39, 0.29) is 17.2 Å². The second kappa shape index (κ2) is 6.73. The Bertz CT molecular complexity index is 333. The summed E-state index contributed by atoms with van der Waals surface area (Å²) in [5.74, 6) is -0.107. The molecular formula is C15H22F2. The molecule has 0 saturated heterocycles. The lowest BCUT2D eigenvalue weighted by Crippen LogP contribution is -1.99. The van der Waals surface area contributed by atoms with Crippen LogP contribution in [0.15, 0.2) is 12.1 Å². The molecule has 0 aliphatic heterocycles. The second-order valence-electron chi connectivity index (χ2n) is 5.03. The fourth-order valence-corrected chi connectivity index (χ4v) is 1.95. The van der Waals surface area contributed by atoms with Crippen LogP contribution < -0.4 is 0 Å². The van der Waals surface area contributed by atoms with Crippen molar-refractivity contribution in [3.05, 3.63) is 34.9 Å². The van der Waals surface area contributed by atoms with Crippen LogP contribution in [0.1, 0.15) is 51.2 Å². The van der Waals surface area contributed by atoms with E-state index in [9.17, 15) is 8.78 Å². The molecule has 0 fully saturated rings. The molecule has 0 radical (unpaired) electrons. The van der Waals surface area contributed by atoms with Gasteiger partial charge >= 0.3 is 0 Å². The van der Waals surface area contributed by atoms with Crippen LogP contribution in [0, 0.1) is 17.6 Å². The van der Waals surface area contributed by atoms with Gasteiger partial charge in [-0.3, -0.25) is 0 Å². The van der Waals surface area contributed by atoms with E-state index >= 15 is 0 Å². The minimum Gasteiger partial charge on any atom is -0.207 e. The summed E-state index contributed by atoms with van der Waals surface area (Å²) in [6, 6.07) is 2.92. The first kappa shape index (κ1) is 14.1. The SMILES string of the molecule is CCc1cc(F)c(CCCCC(C)C)c(F)c1. The molecule has 0 saturated carbocycles. The Kier molecular flexibility index (Phi) is 5.60. The van der Waals surface area contributed by atoms with Gasteiger partial charge in [0.2, 0.25) is 0 Å². The molecule has 1 aromatic carbocycles. The van der Waals surface area contributed by atoms with Crippen LogP contribution in [-0.2, 0) is 12.8 Å². The molecule has 0 bridgehead atoms. The van der Waals surface area contributed by atoms with Crippen LogP contribution in [0.25, 0.3) is 0 Å². The Labute approximate surface area is 103 Å². The third kappa shape index (κ3) is 4.45. The summed E-state index contributed by atoms with van der Waals surface area (Å²) in [6.45, 7) is 6.23. The van der Waals surface area contributed by atoms with Gasteiger partial charge in [-0.05, 0) is 42.9 Å². The van der Waals surface area contributed by atoms with Crippen LogP contribution in [0.2, 0.25) is 0 Å². The summed E-state index contributed by atoms with van der Waals surface area (Å²) in [4.78, 5) is 0. The second-order valence-corrected chi connectivity index (χ2v) is 5.03. The Hall–Kier alpha value is -0.920. The zero-order valence-electron chi connectivity index (χ0n) is 11.0. The summed E-state index contributed by atoms with van der Waals surface area (Å²) < 4.78 is 27.3. The van der Waals surface area contributed by atoms with Gasteiger partial charge in [-0.25, -0.2) is 8.78 Å².